The van der Waals surface area contributed by atoms with E-state index in [9.17, 15) is 4.79 Å². The van der Waals surface area contributed by atoms with E-state index in [1.807, 2.05) is 0 Å². The van der Waals surface area contributed by atoms with Gasteiger partial charge in [-0.15, -0.1) is 0 Å². The average molecular weight is 239 g/mol. The molecule has 0 unspecified atom stereocenters. The molecule has 2 N–H and O–H groups in total. The van der Waals surface area contributed by atoms with Gasteiger partial charge in [0.1, 0.15) is 0 Å². The van der Waals surface area contributed by atoms with Crippen LogP contribution in [0.2, 0.25) is 0 Å². The fourth-order valence-electron chi connectivity index (χ4n) is 2.24. The first-order chi connectivity index (χ1) is 8.14. The van der Waals surface area contributed by atoms with Gasteiger partial charge in [0.2, 0.25) is 5.91 Å². The molecule has 1 fully saturated rings. The zero-order chi connectivity index (χ0) is 12.7. The molecule has 1 saturated carbocycles. The van der Waals surface area contributed by atoms with E-state index in [0.29, 0.717) is 26.1 Å². The minimum atomic E-state index is -0.705. The molecule has 0 bridgehead atoms. The molecule has 0 atom stereocenters. The van der Waals surface area contributed by atoms with E-state index in [0.717, 1.165) is 25.7 Å². The molecule has 1 aliphatic carbocycles. The van der Waals surface area contributed by atoms with Crippen LogP contribution >= 0.6 is 0 Å². The zero-order valence-corrected chi connectivity index (χ0v) is 10.4. The monoisotopic (exact) mass is 239 g/mol. The summed E-state index contributed by atoms with van der Waals surface area (Å²) in [5.41, 5.74) is 5.43. The van der Waals surface area contributed by atoms with Crippen LogP contribution in [0, 0.1) is 11.3 Å². The first-order valence-electron chi connectivity index (χ1n) is 6.08. The number of hydrogen-bond donors (Lipinski definition) is 1. The molecule has 1 aliphatic rings. The zero-order valence-electron chi connectivity index (χ0n) is 10.4. The summed E-state index contributed by atoms with van der Waals surface area (Å²) in [5, 5.41) is 8.60. The van der Waals surface area contributed by atoms with Crippen molar-refractivity contribution in [3.05, 3.63) is 0 Å². The predicted octanol–water partition coefficient (Wildman–Crippen LogP) is 0.647. The molecule has 0 saturated heterocycles. The van der Waals surface area contributed by atoms with Crippen molar-refractivity contribution in [1.82, 2.24) is 4.90 Å². The van der Waals surface area contributed by atoms with Crippen LogP contribution in [0.15, 0.2) is 0 Å². The molecule has 17 heavy (non-hydrogen) atoms. The van der Waals surface area contributed by atoms with Crippen molar-refractivity contribution in [2.45, 2.75) is 37.6 Å². The number of methoxy groups -OCH3 is 1. The fourth-order valence-corrected chi connectivity index (χ4v) is 2.24. The Balaban J connectivity index is 2.61. The van der Waals surface area contributed by atoms with Crippen molar-refractivity contribution in [2.75, 3.05) is 26.8 Å². The molecule has 1 amide bonds. The lowest BCUT2D eigenvalue weighted by Gasteiger charge is -2.31. The van der Waals surface area contributed by atoms with E-state index in [2.05, 4.69) is 6.07 Å². The van der Waals surface area contributed by atoms with Gasteiger partial charge in [0, 0.05) is 20.2 Å². The molecule has 0 aromatic carbocycles. The van der Waals surface area contributed by atoms with Crippen molar-refractivity contribution in [1.29, 1.82) is 5.26 Å². The molecule has 0 aromatic rings. The summed E-state index contributed by atoms with van der Waals surface area (Å²) < 4.78 is 4.98. The van der Waals surface area contributed by atoms with Gasteiger partial charge in [0.25, 0.3) is 0 Å². The summed E-state index contributed by atoms with van der Waals surface area (Å²) in [7, 11) is 1.60. The third-order valence-corrected chi connectivity index (χ3v) is 3.27. The molecule has 0 radical (unpaired) electrons. The van der Waals surface area contributed by atoms with Crippen LogP contribution in [0.5, 0.6) is 0 Å². The van der Waals surface area contributed by atoms with Crippen LogP contribution < -0.4 is 5.73 Å². The Kier molecular flexibility index (Phi) is 5.39. The van der Waals surface area contributed by atoms with Crippen LogP contribution in [-0.2, 0) is 9.53 Å². The third kappa shape index (κ3) is 3.69. The quantitative estimate of drug-likeness (QED) is 0.738. The second-order valence-corrected chi connectivity index (χ2v) is 4.56. The second kappa shape index (κ2) is 6.58. The highest BCUT2D eigenvalue weighted by Crippen LogP contribution is 2.29. The minimum Gasteiger partial charge on any atom is -0.383 e. The smallest absolute Gasteiger partial charge is 0.242 e. The molecule has 0 spiro atoms. The molecule has 0 aromatic heterocycles. The maximum Gasteiger partial charge on any atom is 0.242 e. The SMILES string of the molecule is COCCN(CCC#N)C(=O)C1(N)CCCC1. The highest BCUT2D eigenvalue weighted by molar-refractivity contribution is 5.86. The van der Waals surface area contributed by atoms with Crippen molar-refractivity contribution < 1.29 is 9.53 Å². The highest BCUT2D eigenvalue weighted by Gasteiger charge is 2.39. The van der Waals surface area contributed by atoms with E-state index in [4.69, 9.17) is 15.7 Å². The summed E-state index contributed by atoms with van der Waals surface area (Å²) in [6.07, 6.45) is 3.87. The maximum atomic E-state index is 12.3. The molecule has 1 rings (SSSR count). The first kappa shape index (κ1) is 13.9. The Bertz CT molecular complexity index is 293. The minimum absolute atomic E-state index is 0.0256. The number of carbonyl (C=O) groups excluding carboxylic acids is 1. The fraction of sp³-hybridized carbons (Fsp3) is 0.833. The lowest BCUT2D eigenvalue weighted by atomic mass is 9.97. The maximum absolute atomic E-state index is 12.3. The van der Waals surface area contributed by atoms with Crippen molar-refractivity contribution in [3.63, 3.8) is 0 Å². The van der Waals surface area contributed by atoms with Gasteiger partial charge in [-0.2, -0.15) is 5.26 Å². The Morgan fingerprint density at radius 1 is 1.47 bits per heavy atom. The number of carbonyl (C=O) groups is 1. The van der Waals surface area contributed by atoms with E-state index in [1.165, 1.54) is 0 Å². The van der Waals surface area contributed by atoms with Crippen molar-refractivity contribution in [2.24, 2.45) is 5.73 Å². The van der Waals surface area contributed by atoms with Crippen LogP contribution in [0.1, 0.15) is 32.1 Å². The van der Waals surface area contributed by atoms with Gasteiger partial charge >= 0.3 is 0 Å². The van der Waals surface area contributed by atoms with Crippen LogP contribution in [-0.4, -0.2) is 43.2 Å². The van der Waals surface area contributed by atoms with E-state index in [1.54, 1.807) is 12.0 Å². The highest BCUT2D eigenvalue weighted by atomic mass is 16.5. The number of amides is 1. The molecule has 0 heterocycles. The predicted molar refractivity (Wildman–Crippen MR) is 64.1 cm³/mol. The van der Waals surface area contributed by atoms with Gasteiger partial charge in [-0.1, -0.05) is 12.8 Å². The average Bonchev–Trinajstić information content (AvgIpc) is 2.77. The number of nitrogens with two attached hydrogens (primary N) is 1. The molecular formula is C12H21N3O2. The summed E-state index contributed by atoms with van der Waals surface area (Å²) in [6, 6.07) is 2.06. The van der Waals surface area contributed by atoms with Gasteiger partial charge < -0.3 is 15.4 Å². The number of rotatable bonds is 6. The summed E-state index contributed by atoms with van der Waals surface area (Å²) >= 11 is 0. The molecule has 5 heteroatoms. The topological polar surface area (TPSA) is 79.3 Å². The second-order valence-electron chi connectivity index (χ2n) is 4.56. The summed E-state index contributed by atoms with van der Waals surface area (Å²) in [5.74, 6) is -0.0256. The Morgan fingerprint density at radius 3 is 2.65 bits per heavy atom. The normalized spacial score (nSPS) is 17.7. The van der Waals surface area contributed by atoms with Gasteiger partial charge in [0.05, 0.1) is 24.6 Å². The van der Waals surface area contributed by atoms with E-state index < -0.39 is 5.54 Å². The lowest BCUT2D eigenvalue weighted by Crippen LogP contribution is -2.54. The number of ether oxygens (including phenoxy) is 1. The lowest BCUT2D eigenvalue weighted by molar-refractivity contribution is -0.137. The number of nitriles is 1. The molecule has 96 valence electrons. The summed E-state index contributed by atoms with van der Waals surface area (Å²) in [4.78, 5) is 14.0. The van der Waals surface area contributed by atoms with Gasteiger partial charge in [-0.3, -0.25) is 4.79 Å². The van der Waals surface area contributed by atoms with Gasteiger partial charge in [-0.05, 0) is 12.8 Å². The van der Waals surface area contributed by atoms with Crippen LogP contribution in [0.4, 0.5) is 0 Å². The first-order valence-corrected chi connectivity index (χ1v) is 6.08. The van der Waals surface area contributed by atoms with Crippen LogP contribution in [0.3, 0.4) is 0 Å². The molecule has 0 aliphatic heterocycles. The van der Waals surface area contributed by atoms with Crippen molar-refractivity contribution in [3.8, 4) is 6.07 Å². The van der Waals surface area contributed by atoms with Gasteiger partial charge in [0.15, 0.2) is 0 Å². The van der Waals surface area contributed by atoms with E-state index in [-0.39, 0.29) is 5.91 Å². The Labute approximate surface area is 103 Å². The van der Waals surface area contributed by atoms with E-state index >= 15 is 0 Å². The van der Waals surface area contributed by atoms with Crippen molar-refractivity contribution >= 4 is 5.91 Å². The third-order valence-electron chi connectivity index (χ3n) is 3.27. The van der Waals surface area contributed by atoms with Gasteiger partial charge in [-0.25, -0.2) is 0 Å². The largest absolute Gasteiger partial charge is 0.383 e. The molecule has 5 nitrogen and oxygen atoms in total. The number of nitrogens with zero attached hydrogens (tertiary/aromatic N) is 2. The Morgan fingerprint density at radius 2 is 2.12 bits per heavy atom. The number of hydrogen-bond acceptors (Lipinski definition) is 4. The van der Waals surface area contributed by atoms with Crippen LogP contribution in [0.25, 0.3) is 0 Å². The summed E-state index contributed by atoms with van der Waals surface area (Å²) in [6.45, 7) is 1.43. The molecular weight excluding hydrogens is 218 g/mol. The standard InChI is InChI=1S/C12H21N3O2/c1-17-10-9-15(8-4-7-13)11(16)12(14)5-2-3-6-12/h2-6,8-10,14H2,1H3. The Hall–Kier alpha value is -1.12.